The Balaban J connectivity index is 1.71. The number of hydrogen-bond acceptors (Lipinski definition) is 6. The van der Waals surface area contributed by atoms with Gasteiger partial charge in [-0.2, -0.15) is 5.10 Å². The smallest absolute Gasteiger partial charge is 0.261 e. The second kappa shape index (κ2) is 8.04. The number of fused-ring (bicyclic) bond motifs is 1. The molecule has 2 aromatic carbocycles. The Kier molecular flexibility index (Phi) is 5.13. The molecular formula is C21H14ClN5O2. The molecule has 2 heterocycles. The highest BCUT2D eigenvalue weighted by molar-refractivity contribution is 6.30. The van der Waals surface area contributed by atoms with Gasteiger partial charge in [-0.25, -0.2) is 9.97 Å². The minimum atomic E-state index is -0.429. The Morgan fingerprint density at radius 2 is 1.83 bits per heavy atom. The highest BCUT2D eigenvalue weighted by Crippen LogP contribution is 2.30. The average Bonchev–Trinajstić information content (AvgIpc) is 2.74. The number of nitro benzene ring substituents is 1. The third-order valence-electron chi connectivity index (χ3n) is 4.23. The minimum absolute atomic E-state index is 0.0273. The van der Waals surface area contributed by atoms with Crippen molar-refractivity contribution in [2.45, 2.75) is 0 Å². The van der Waals surface area contributed by atoms with Crippen LogP contribution < -0.4 is 5.43 Å². The summed E-state index contributed by atoms with van der Waals surface area (Å²) in [4.78, 5) is 19.4. The topological polar surface area (TPSA) is 93.3 Å². The van der Waals surface area contributed by atoms with E-state index in [2.05, 4.69) is 20.5 Å². The zero-order valence-corrected chi connectivity index (χ0v) is 15.7. The number of pyridine rings is 2. The fourth-order valence-electron chi connectivity index (χ4n) is 2.79. The molecule has 0 aliphatic heterocycles. The van der Waals surface area contributed by atoms with E-state index in [1.165, 1.54) is 12.1 Å². The van der Waals surface area contributed by atoms with Gasteiger partial charge in [-0.3, -0.25) is 15.5 Å². The van der Waals surface area contributed by atoms with Gasteiger partial charge in [-0.1, -0.05) is 23.7 Å². The SMILES string of the molecule is O=[N+]([O-])c1ccc(-c2cc3cccnc3nc2N/N=C/c2ccc(Cl)cc2)cc1. The first-order chi connectivity index (χ1) is 14.1. The zero-order valence-electron chi connectivity index (χ0n) is 15.0. The van der Waals surface area contributed by atoms with Gasteiger partial charge in [0.25, 0.3) is 5.69 Å². The molecule has 4 rings (SSSR count). The third kappa shape index (κ3) is 4.20. The van der Waals surface area contributed by atoms with Gasteiger partial charge < -0.3 is 0 Å². The molecule has 0 saturated carbocycles. The summed E-state index contributed by atoms with van der Waals surface area (Å²) in [5, 5.41) is 16.7. The number of benzene rings is 2. The van der Waals surface area contributed by atoms with Crippen LogP contribution in [-0.2, 0) is 0 Å². The molecule has 0 unspecified atom stereocenters. The van der Waals surface area contributed by atoms with Gasteiger partial charge in [0.1, 0.15) is 0 Å². The van der Waals surface area contributed by atoms with Crippen LogP contribution in [0.5, 0.6) is 0 Å². The number of nitro groups is 1. The number of hydrogen-bond donors (Lipinski definition) is 1. The Hall–Kier alpha value is -3.84. The van der Waals surface area contributed by atoms with Crippen LogP contribution in [0.2, 0.25) is 5.02 Å². The molecule has 142 valence electrons. The molecule has 0 atom stereocenters. The number of aromatic nitrogens is 2. The number of nitrogens with zero attached hydrogens (tertiary/aromatic N) is 4. The van der Waals surface area contributed by atoms with Crippen LogP contribution in [0.3, 0.4) is 0 Å². The molecule has 29 heavy (non-hydrogen) atoms. The molecule has 1 N–H and O–H groups in total. The minimum Gasteiger partial charge on any atom is -0.261 e. The molecule has 0 aliphatic rings. The maximum atomic E-state index is 10.9. The lowest BCUT2D eigenvalue weighted by Crippen LogP contribution is -1.98. The van der Waals surface area contributed by atoms with Crippen LogP contribution in [0.1, 0.15) is 5.56 Å². The summed E-state index contributed by atoms with van der Waals surface area (Å²) >= 11 is 5.90. The summed E-state index contributed by atoms with van der Waals surface area (Å²) in [6.45, 7) is 0. The number of nitrogens with one attached hydrogen (secondary N) is 1. The van der Waals surface area contributed by atoms with Crippen molar-refractivity contribution >= 4 is 40.4 Å². The van der Waals surface area contributed by atoms with E-state index < -0.39 is 4.92 Å². The van der Waals surface area contributed by atoms with Crippen molar-refractivity contribution in [3.8, 4) is 11.1 Å². The van der Waals surface area contributed by atoms with Crippen LogP contribution in [0.4, 0.5) is 11.5 Å². The van der Waals surface area contributed by atoms with E-state index in [9.17, 15) is 10.1 Å². The second-order valence-electron chi connectivity index (χ2n) is 6.16. The summed E-state index contributed by atoms with van der Waals surface area (Å²) in [5.41, 5.74) is 5.96. The summed E-state index contributed by atoms with van der Waals surface area (Å²) in [6, 6.07) is 19.2. The highest BCUT2D eigenvalue weighted by atomic mass is 35.5. The van der Waals surface area contributed by atoms with Crippen molar-refractivity contribution in [3.05, 3.63) is 93.6 Å². The first-order valence-electron chi connectivity index (χ1n) is 8.65. The molecule has 0 fully saturated rings. The molecule has 0 saturated heterocycles. The van der Waals surface area contributed by atoms with Crippen molar-refractivity contribution in [1.29, 1.82) is 0 Å². The molecule has 0 spiro atoms. The van der Waals surface area contributed by atoms with Crippen LogP contribution in [0.15, 0.2) is 78.0 Å². The standard InChI is InChI=1S/C21H14ClN5O2/c22-17-7-3-14(4-8-17)13-24-26-21-19(12-16-2-1-11-23-20(16)25-21)15-5-9-18(10-6-15)27(28)29/h1-13H,(H,23,25,26)/b24-13+. The lowest BCUT2D eigenvalue weighted by molar-refractivity contribution is -0.384. The fraction of sp³-hybridized carbons (Fsp3) is 0. The van der Waals surface area contributed by atoms with Crippen molar-refractivity contribution in [3.63, 3.8) is 0 Å². The van der Waals surface area contributed by atoms with Crippen molar-refractivity contribution in [2.24, 2.45) is 5.10 Å². The van der Waals surface area contributed by atoms with E-state index in [0.717, 1.165) is 22.1 Å². The van der Waals surface area contributed by atoms with Crippen LogP contribution >= 0.6 is 11.6 Å². The molecular weight excluding hydrogens is 390 g/mol. The molecule has 8 heteroatoms. The predicted molar refractivity (Wildman–Crippen MR) is 114 cm³/mol. The Labute approximate surface area is 170 Å². The molecule has 0 radical (unpaired) electrons. The second-order valence-corrected chi connectivity index (χ2v) is 6.60. The first kappa shape index (κ1) is 18.5. The summed E-state index contributed by atoms with van der Waals surface area (Å²) in [7, 11) is 0. The zero-order chi connectivity index (χ0) is 20.2. The van der Waals surface area contributed by atoms with Gasteiger partial charge in [0, 0.05) is 34.3 Å². The lowest BCUT2D eigenvalue weighted by Gasteiger charge is -2.10. The van der Waals surface area contributed by atoms with Gasteiger partial charge in [0.15, 0.2) is 11.5 Å². The molecule has 2 aromatic heterocycles. The van der Waals surface area contributed by atoms with E-state index in [-0.39, 0.29) is 5.69 Å². The van der Waals surface area contributed by atoms with Crippen LogP contribution in [0, 0.1) is 10.1 Å². The third-order valence-corrected chi connectivity index (χ3v) is 4.48. The molecule has 0 bridgehead atoms. The van der Waals surface area contributed by atoms with Gasteiger partial charge in [-0.05, 0) is 53.6 Å². The van der Waals surface area contributed by atoms with Crippen LogP contribution in [-0.4, -0.2) is 21.1 Å². The summed E-state index contributed by atoms with van der Waals surface area (Å²) < 4.78 is 0. The monoisotopic (exact) mass is 403 g/mol. The van der Waals surface area contributed by atoms with E-state index in [1.807, 2.05) is 30.3 Å². The summed E-state index contributed by atoms with van der Waals surface area (Å²) in [5.74, 6) is 0.496. The number of non-ortho nitro benzene ring substituents is 1. The molecule has 0 amide bonds. The average molecular weight is 404 g/mol. The normalized spacial score (nSPS) is 11.1. The van der Waals surface area contributed by atoms with E-state index in [4.69, 9.17) is 11.6 Å². The Bertz CT molecular complexity index is 1210. The first-order valence-corrected chi connectivity index (χ1v) is 9.03. The predicted octanol–water partition coefficient (Wildman–Crippen LogP) is 5.30. The fourth-order valence-corrected chi connectivity index (χ4v) is 2.92. The van der Waals surface area contributed by atoms with Crippen molar-refractivity contribution in [1.82, 2.24) is 9.97 Å². The number of hydrazone groups is 1. The highest BCUT2D eigenvalue weighted by Gasteiger charge is 2.11. The Morgan fingerprint density at radius 3 is 2.55 bits per heavy atom. The Morgan fingerprint density at radius 1 is 1.07 bits per heavy atom. The number of halogens is 1. The maximum Gasteiger partial charge on any atom is 0.269 e. The van der Waals surface area contributed by atoms with E-state index >= 15 is 0 Å². The molecule has 0 aliphatic carbocycles. The number of anilines is 1. The van der Waals surface area contributed by atoms with Gasteiger partial charge in [0.05, 0.1) is 11.1 Å². The van der Waals surface area contributed by atoms with Crippen molar-refractivity contribution in [2.75, 3.05) is 5.43 Å². The lowest BCUT2D eigenvalue weighted by atomic mass is 10.0. The van der Waals surface area contributed by atoms with Crippen LogP contribution in [0.25, 0.3) is 22.2 Å². The quantitative estimate of drug-likeness (QED) is 0.277. The van der Waals surface area contributed by atoms with Gasteiger partial charge in [-0.15, -0.1) is 0 Å². The molecule has 4 aromatic rings. The largest absolute Gasteiger partial charge is 0.269 e. The van der Waals surface area contributed by atoms with Crippen molar-refractivity contribution < 1.29 is 4.92 Å². The summed E-state index contributed by atoms with van der Waals surface area (Å²) in [6.07, 6.45) is 3.32. The van der Waals surface area contributed by atoms with Gasteiger partial charge >= 0.3 is 0 Å². The number of rotatable bonds is 5. The van der Waals surface area contributed by atoms with E-state index in [1.54, 1.807) is 36.7 Å². The maximum absolute atomic E-state index is 10.9. The van der Waals surface area contributed by atoms with Gasteiger partial charge in [0.2, 0.25) is 0 Å². The van der Waals surface area contributed by atoms with E-state index in [0.29, 0.717) is 16.5 Å². The molecule has 7 nitrogen and oxygen atoms in total.